The summed E-state index contributed by atoms with van der Waals surface area (Å²) in [6, 6.07) is 0. The van der Waals surface area contributed by atoms with E-state index in [4.69, 9.17) is 5.73 Å². The zero-order valence-electron chi connectivity index (χ0n) is 11.0. The molecule has 0 saturated carbocycles. The fourth-order valence-corrected chi connectivity index (χ4v) is 1.69. The van der Waals surface area contributed by atoms with Crippen LogP contribution in [-0.4, -0.2) is 30.1 Å². The average Bonchev–Trinajstić information content (AvgIpc) is 2.30. The summed E-state index contributed by atoms with van der Waals surface area (Å²) in [5.41, 5.74) is 4.53. The molecule has 5 nitrogen and oxygen atoms in total. The van der Waals surface area contributed by atoms with Gasteiger partial charge in [0.2, 0.25) is 5.91 Å². The Morgan fingerprint density at radius 1 is 1.35 bits per heavy atom. The lowest BCUT2D eigenvalue weighted by Gasteiger charge is -2.27. The minimum atomic E-state index is -0.853. The topological polar surface area (TPSA) is 92.4 Å². The van der Waals surface area contributed by atoms with Gasteiger partial charge in [-0.05, 0) is 25.8 Å². The Hall–Kier alpha value is -1.10. The molecule has 1 amide bonds. The Morgan fingerprint density at radius 3 is 2.24 bits per heavy atom. The fourth-order valence-electron chi connectivity index (χ4n) is 1.69. The first kappa shape index (κ1) is 15.9. The van der Waals surface area contributed by atoms with Crippen LogP contribution in [0.4, 0.5) is 0 Å². The van der Waals surface area contributed by atoms with Gasteiger partial charge in [-0.15, -0.1) is 0 Å². The molecule has 4 N–H and O–H groups in total. The smallest absolute Gasteiger partial charge is 0.311 e. The molecule has 0 aromatic carbocycles. The van der Waals surface area contributed by atoms with E-state index in [2.05, 4.69) is 5.32 Å². The van der Waals surface area contributed by atoms with E-state index in [9.17, 15) is 14.7 Å². The molecule has 0 saturated heterocycles. The molecule has 100 valence electrons. The van der Waals surface area contributed by atoms with Gasteiger partial charge in [-0.1, -0.05) is 20.8 Å². The lowest BCUT2D eigenvalue weighted by molar-refractivity contribution is -0.149. The summed E-state index contributed by atoms with van der Waals surface area (Å²) in [5, 5.41) is 11.9. The zero-order chi connectivity index (χ0) is 13.5. The Balaban J connectivity index is 4.41. The van der Waals surface area contributed by atoms with Crippen molar-refractivity contribution in [1.82, 2.24) is 5.32 Å². The predicted molar refractivity (Wildman–Crippen MR) is 66.5 cm³/mol. The van der Waals surface area contributed by atoms with Crippen LogP contribution >= 0.6 is 0 Å². The highest BCUT2D eigenvalue weighted by Crippen LogP contribution is 2.25. The summed E-state index contributed by atoms with van der Waals surface area (Å²) < 4.78 is 0. The van der Waals surface area contributed by atoms with E-state index in [-0.39, 0.29) is 18.4 Å². The van der Waals surface area contributed by atoms with E-state index in [0.29, 0.717) is 25.8 Å². The molecule has 0 aliphatic rings. The van der Waals surface area contributed by atoms with Gasteiger partial charge in [-0.3, -0.25) is 9.59 Å². The number of carboxylic acids is 1. The number of nitrogens with two attached hydrogens (primary N) is 1. The zero-order valence-corrected chi connectivity index (χ0v) is 11.0. The maximum Gasteiger partial charge on any atom is 0.311 e. The van der Waals surface area contributed by atoms with Crippen molar-refractivity contribution in [3.8, 4) is 0 Å². The van der Waals surface area contributed by atoms with Crippen LogP contribution in [-0.2, 0) is 9.59 Å². The largest absolute Gasteiger partial charge is 0.481 e. The Labute approximate surface area is 103 Å². The van der Waals surface area contributed by atoms with Crippen molar-refractivity contribution in [1.29, 1.82) is 0 Å². The lowest BCUT2D eigenvalue weighted by atomic mass is 9.82. The molecule has 1 unspecified atom stereocenters. The quantitative estimate of drug-likeness (QED) is 0.593. The fraction of sp³-hybridized carbons (Fsp3) is 0.833. The van der Waals surface area contributed by atoms with Crippen LogP contribution in [0.1, 0.15) is 40.0 Å². The third-order valence-corrected chi connectivity index (χ3v) is 3.46. The number of amides is 1. The van der Waals surface area contributed by atoms with E-state index < -0.39 is 11.4 Å². The molecule has 0 fully saturated rings. The first-order chi connectivity index (χ1) is 7.93. The maximum absolute atomic E-state index is 11.7. The molecule has 0 spiro atoms. The number of rotatable bonds is 8. The third-order valence-electron chi connectivity index (χ3n) is 3.46. The Bertz CT molecular complexity index is 262. The number of carbonyl (C=O) groups excluding carboxylic acids is 1. The molecule has 17 heavy (non-hydrogen) atoms. The number of hydrogen-bond donors (Lipinski definition) is 3. The molecule has 1 atom stereocenters. The van der Waals surface area contributed by atoms with Gasteiger partial charge < -0.3 is 16.2 Å². The number of aliphatic carboxylic acids is 1. The second-order valence-corrected chi connectivity index (χ2v) is 4.49. The summed E-state index contributed by atoms with van der Waals surface area (Å²) in [6.45, 7) is 6.09. The SMILES string of the molecule is CCC(CC)(CNC(=O)C(C)CCN)C(=O)O. The molecule has 5 heteroatoms. The second-order valence-electron chi connectivity index (χ2n) is 4.49. The minimum absolute atomic E-state index is 0.122. The molecular formula is C12H24N2O3. The highest BCUT2D eigenvalue weighted by molar-refractivity contribution is 5.80. The molecule has 0 bridgehead atoms. The van der Waals surface area contributed by atoms with Crippen LogP contribution < -0.4 is 11.1 Å². The summed E-state index contributed by atoms with van der Waals surface area (Å²) >= 11 is 0. The van der Waals surface area contributed by atoms with Gasteiger partial charge in [-0.2, -0.15) is 0 Å². The molecule has 0 rings (SSSR count). The molecule has 0 aliphatic heterocycles. The van der Waals surface area contributed by atoms with Crippen molar-refractivity contribution < 1.29 is 14.7 Å². The maximum atomic E-state index is 11.7. The molecule has 0 aromatic heterocycles. The van der Waals surface area contributed by atoms with Gasteiger partial charge in [-0.25, -0.2) is 0 Å². The van der Waals surface area contributed by atoms with Crippen molar-refractivity contribution in [3.05, 3.63) is 0 Å². The van der Waals surface area contributed by atoms with E-state index in [0.717, 1.165) is 0 Å². The third kappa shape index (κ3) is 4.34. The summed E-state index contributed by atoms with van der Waals surface area (Å²) in [5.74, 6) is -1.14. The molecular weight excluding hydrogens is 220 g/mol. The molecule has 0 aliphatic carbocycles. The van der Waals surface area contributed by atoms with Gasteiger partial charge in [0.1, 0.15) is 0 Å². The van der Waals surface area contributed by atoms with Crippen molar-refractivity contribution in [2.75, 3.05) is 13.1 Å². The van der Waals surface area contributed by atoms with E-state index in [1.165, 1.54) is 0 Å². The van der Waals surface area contributed by atoms with Crippen LogP contribution in [0.3, 0.4) is 0 Å². The van der Waals surface area contributed by atoms with Crippen molar-refractivity contribution in [2.24, 2.45) is 17.1 Å². The van der Waals surface area contributed by atoms with E-state index >= 15 is 0 Å². The van der Waals surface area contributed by atoms with E-state index in [1.54, 1.807) is 6.92 Å². The average molecular weight is 244 g/mol. The van der Waals surface area contributed by atoms with Gasteiger partial charge in [0, 0.05) is 12.5 Å². The number of hydrogen-bond acceptors (Lipinski definition) is 3. The Kier molecular flexibility index (Phi) is 6.80. The highest BCUT2D eigenvalue weighted by atomic mass is 16.4. The predicted octanol–water partition coefficient (Wildman–Crippen LogP) is 0.979. The van der Waals surface area contributed by atoms with E-state index in [1.807, 2.05) is 13.8 Å². The number of carbonyl (C=O) groups is 2. The van der Waals surface area contributed by atoms with Gasteiger partial charge in [0.05, 0.1) is 5.41 Å². The normalized spacial score (nSPS) is 13.2. The molecule has 0 aromatic rings. The Morgan fingerprint density at radius 2 is 1.88 bits per heavy atom. The lowest BCUT2D eigenvalue weighted by Crippen LogP contribution is -2.44. The van der Waals surface area contributed by atoms with Gasteiger partial charge in [0.15, 0.2) is 0 Å². The summed E-state index contributed by atoms with van der Waals surface area (Å²) in [7, 11) is 0. The number of carboxylic acid groups (broad SMARTS) is 1. The number of nitrogens with one attached hydrogen (secondary N) is 1. The van der Waals surface area contributed by atoms with Crippen molar-refractivity contribution in [2.45, 2.75) is 40.0 Å². The first-order valence-corrected chi connectivity index (χ1v) is 6.14. The standard InChI is InChI=1S/C12H24N2O3/c1-4-12(5-2,11(16)17)8-14-10(15)9(3)6-7-13/h9H,4-8,13H2,1-3H3,(H,14,15)(H,16,17). The van der Waals surface area contributed by atoms with Crippen LogP contribution in [0, 0.1) is 11.3 Å². The monoisotopic (exact) mass is 244 g/mol. The van der Waals surface area contributed by atoms with Crippen molar-refractivity contribution >= 4 is 11.9 Å². The molecule has 0 heterocycles. The minimum Gasteiger partial charge on any atom is -0.481 e. The molecule has 0 radical (unpaired) electrons. The first-order valence-electron chi connectivity index (χ1n) is 6.14. The van der Waals surface area contributed by atoms with Gasteiger partial charge in [0.25, 0.3) is 0 Å². The summed E-state index contributed by atoms with van der Waals surface area (Å²) in [6.07, 6.45) is 1.62. The van der Waals surface area contributed by atoms with Gasteiger partial charge >= 0.3 is 5.97 Å². The van der Waals surface area contributed by atoms with Crippen LogP contribution in [0.2, 0.25) is 0 Å². The summed E-state index contributed by atoms with van der Waals surface area (Å²) in [4.78, 5) is 22.9. The van der Waals surface area contributed by atoms with Crippen LogP contribution in [0.25, 0.3) is 0 Å². The van der Waals surface area contributed by atoms with Crippen LogP contribution in [0.5, 0.6) is 0 Å². The highest BCUT2D eigenvalue weighted by Gasteiger charge is 2.35. The second kappa shape index (κ2) is 7.27. The van der Waals surface area contributed by atoms with Crippen molar-refractivity contribution in [3.63, 3.8) is 0 Å². The van der Waals surface area contributed by atoms with Crippen LogP contribution in [0.15, 0.2) is 0 Å².